The van der Waals surface area contributed by atoms with Crippen LogP contribution >= 0.6 is 11.8 Å². The molecule has 0 amide bonds. The zero-order chi connectivity index (χ0) is 13.6. The van der Waals surface area contributed by atoms with Gasteiger partial charge in [0.15, 0.2) is 0 Å². The summed E-state index contributed by atoms with van der Waals surface area (Å²) in [6, 6.07) is 4.78. The molecule has 0 spiro atoms. The summed E-state index contributed by atoms with van der Waals surface area (Å²) in [6.07, 6.45) is -4.32. The molecule has 102 valence electrons. The Labute approximate surface area is 109 Å². The van der Waals surface area contributed by atoms with E-state index in [-0.39, 0.29) is 0 Å². The lowest BCUT2D eigenvalue weighted by Crippen LogP contribution is -2.15. The first-order valence-electron chi connectivity index (χ1n) is 5.44. The third kappa shape index (κ3) is 4.88. The highest BCUT2D eigenvalue weighted by Gasteiger charge is 2.30. The fraction of sp³-hybridized carbons (Fsp3) is 0.500. The highest BCUT2D eigenvalue weighted by Crippen LogP contribution is 2.30. The summed E-state index contributed by atoms with van der Waals surface area (Å²) < 4.78 is 42.4. The van der Waals surface area contributed by atoms with Crippen molar-refractivity contribution in [3.05, 3.63) is 35.4 Å². The van der Waals surface area contributed by atoms with Crippen molar-refractivity contribution in [3.63, 3.8) is 0 Å². The molecule has 1 aromatic rings. The van der Waals surface area contributed by atoms with Gasteiger partial charge in [-0.25, -0.2) is 0 Å². The molecule has 2 nitrogen and oxygen atoms in total. The molecule has 0 aliphatic heterocycles. The van der Waals surface area contributed by atoms with E-state index in [4.69, 9.17) is 10.5 Å². The van der Waals surface area contributed by atoms with Crippen LogP contribution in [0.5, 0.6) is 0 Å². The number of rotatable bonds is 6. The molecular formula is C12H16F3NOS. The number of ether oxygens (including phenoxy) is 1. The van der Waals surface area contributed by atoms with E-state index in [0.717, 1.165) is 17.9 Å². The minimum atomic E-state index is -4.32. The van der Waals surface area contributed by atoms with Crippen LogP contribution in [-0.2, 0) is 10.9 Å². The van der Waals surface area contributed by atoms with Crippen LogP contribution in [0, 0.1) is 0 Å². The van der Waals surface area contributed by atoms with Crippen molar-refractivity contribution in [2.45, 2.75) is 12.2 Å². The summed E-state index contributed by atoms with van der Waals surface area (Å²) in [5.74, 6) is 1.35. The largest absolute Gasteiger partial charge is 0.416 e. The number of thioether (sulfide) groups is 1. The lowest BCUT2D eigenvalue weighted by atomic mass is 10.1. The Kier molecular flexibility index (Phi) is 5.98. The van der Waals surface area contributed by atoms with Crippen molar-refractivity contribution < 1.29 is 17.9 Å². The molecule has 0 radical (unpaired) electrons. The van der Waals surface area contributed by atoms with Crippen molar-refractivity contribution in [1.82, 2.24) is 0 Å². The maximum absolute atomic E-state index is 12.5. The van der Waals surface area contributed by atoms with Crippen LogP contribution in [0.15, 0.2) is 24.3 Å². The summed E-state index contributed by atoms with van der Waals surface area (Å²) >= 11 is 1.56. The summed E-state index contributed by atoms with van der Waals surface area (Å²) in [4.78, 5) is 0. The molecule has 1 rings (SSSR count). The Morgan fingerprint density at radius 1 is 1.39 bits per heavy atom. The average molecular weight is 279 g/mol. The van der Waals surface area contributed by atoms with Crippen molar-refractivity contribution in [2.24, 2.45) is 5.73 Å². The van der Waals surface area contributed by atoms with E-state index >= 15 is 0 Å². The van der Waals surface area contributed by atoms with E-state index in [1.165, 1.54) is 6.07 Å². The molecule has 6 heteroatoms. The molecule has 18 heavy (non-hydrogen) atoms. The standard InChI is InChI=1S/C12H16F3NOS/c1-17-5-6-18-8-11(16)9-3-2-4-10(7-9)12(13,14)15/h2-4,7,11H,5-6,8,16H2,1H3. The third-order valence-electron chi connectivity index (χ3n) is 2.37. The number of hydrogen-bond acceptors (Lipinski definition) is 3. The van der Waals surface area contributed by atoms with Crippen LogP contribution in [0.25, 0.3) is 0 Å². The minimum absolute atomic E-state index is 0.394. The SMILES string of the molecule is COCCSCC(N)c1cccc(C(F)(F)F)c1. The second-order valence-electron chi connectivity index (χ2n) is 3.80. The van der Waals surface area contributed by atoms with Crippen molar-refractivity contribution in [3.8, 4) is 0 Å². The van der Waals surface area contributed by atoms with Crippen molar-refractivity contribution in [2.75, 3.05) is 25.2 Å². The van der Waals surface area contributed by atoms with Gasteiger partial charge in [-0.1, -0.05) is 12.1 Å². The average Bonchev–Trinajstić information content (AvgIpc) is 2.33. The van der Waals surface area contributed by atoms with Gasteiger partial charge in [-0.2, -0.15) is 24.9 Å². The third-order valence-corrected chi connectivity index (χ3v) is 3.42. The quantitative estimate of drug-likeness (QED) is 0.813. The Bertz CT molecular complexity index is 371. The molecule has 0 aliphatic carbocycles. The Morgan fingerprint density at radius 2 is 2.11 bits per heavy atom. The summed E-state index contributed by atoms with van der Waals surface area (Å²) in [6.45, 7) is 0.611. The number of alkyl halides is 3. The number of benzene rings is 1. The topological polar surface area (TPSA) is 35.2 Å². The zero-order valence-electron chi connectivity index (χ0n) is 10.0. The van der Waals surface area contributed by atoms with E-state index in [0.29, 0.717) is 17.9 Å². The minimum Gasteiger partial charge on any atom is -0.384 e. The molecule has 1 atom stereocenters. The fourth-order valence-electron chi connectivity index (χ4n) is 1.39. The van der Waals surface area contributed by atoms with Gasteiger partial charge in [0, 0.05) is 24.7 Å². The lowest BCUT2D eigenvalue weighted by Gasteiger charge is -2.14. The van der Waals surface area contributed by atoms with Crippen LogP contribution in [0.1, 0.15) is 17.2 Å². The molecule has 0 aliphatic rings. The van der Waals surface area contributed by atoms with Crippen molar-refractivity contribution in [1.29, 1.82) is 0 Å². The van der Waals surface area contributed by atoms with Crippen molar-refractivity contribution >= 4 is 11.8 Å². The first-order valence-corrected chi connectivity index (χ1v) is 6.60. The molecular weight excluding hydrogens is 263 g/mol. The van der Waals surface area contributed by atoms with E-state index in [1.54, 1.807) is 24.9 Å². The molecule has 0 aromatic heterocycles. The number of methoxy groups -OCH3 is 1. The van der Waals surface area contributed by atoms with Gasteiger partial charge < -0.3 is 10.5 Å². The summed E-state index contributed by atoms with van der Waals surface area (Å²) in [5.41, 5.74) is 5.71. The maximum atomic E-state index is 12.5. The number of halogens is 3. The molecule has 2 N–H and O–H groups in total. The van der Waals surface area contributed by atoms with Gasteiger partial charge in [0.25, 0.3) is 0 Å². The second kappa shape index (κ2) is 7.01. The normalized spacial score (nSPS) is 13.6. The predicted molar refractivity (Wildman–Crippen MR) is 67.6 cm³/mol. The van der Waals surface area contributed by atoms with E-state index in [2.05, 4.69) is 0 Å². The molecule has 1 aromatic carbocycles. The highest BCUT2D eigenvalue weighted by atomic mass is 32.2. The van der Waals surface area contributed by atoms with Gasteiger partial charge in [0.05, 0.1) is 12.2 Å². The van der Waals surface area contributed by atoms with Crippen LogP contribution < -0.4 is 5.73 Å². The zero-order valence-corrected chi connectivity index (χ0v) is 10.9. The Hall–Kier alpha value is -0.720. The summed E-state index contributed by atoms with van der Waals surface area (Å²) in [5, 5.41) is 0. The molecule has 1 unspecified atom stereocenters. The van der Waals surface area contributed by atoms with Gasteiger partial charge in [-0.3, -0.25) is 0 Å². The van der Waals surface area contributed by atoms with Gasteiger partial charge in [0.1, 0.15) is 0 Å². The van der Waals surface area contributed by atoms with Crippen LogP contribution in [0.2, 0.25) is 0 Å². The van der Waals surface area contributed by atoms with Crippen LogP contribution in [0.4, 0.5) is 13.2 Å². The van der Waals surface area contributed by atoms with E-state index in [1.807, 2.05) is 0 Å². The first kappa shape index (κ1) is 15.3. The number of hydrogen-bond donors (Lipinski definition) is 1. The Balaban J connectivity index is 2.60. The Morgan fingerprint density at radius 3 is 2.72 bits per heavy atom. The van der Waals surface area contributed by atoms with Crippen LogP contribution in [0.3, 0.4) is 0 Å². The fourth-order valence-corrected chi connectivity index (χ4v) is 2.29. The van der Waals surface area contributed by atoms with Gasteiger partial charge in [-0.15, -0.1) is 0 Å². The molecule has 0 heterocycles. The number of nitrogens with two attached hydrogens (primary N) is 1. The molecule has 0 saturated carbocycles. The highest BCUT2D eigenvalue weighted by molar-refractivity contribution is 7.99. The predicted octanol–water partition coefficient (Wildman–Crippen LogP) is 3.08. The maximum Gasteiger partial charge on any atom is 0.416 e. The van der Waals surface area contributed by atoms with E-state index in [9.17, 15) is 13.2 Å². The van der Waals surface area contributed by atoms with Gasteiger partial charge >= 0.3 is 6.18 Å². The summed E-state index contributed by atoms with van der Waals surface area (Å²) in [7, 11) is 1.60. The lowest BCUT2D eigenvalue weighted by molar-refractivity contribution is -0.137. The van der Waals surface area contributed by atoms with Gasteiger partial charge in [0.2, 0.25) is 0 Å². The molecule has 0 fully saturated rings. The molecule has 0 bridgehead atoms. The second-order valence-corrected chi connectivity index (χ2v) is 4.95. The smallest absolute Gasteiger partial charge is 0.384 e. The monoisotopic (exact) mass is 279 g/mol. The van der Waals surface area contributed by atoms with Crippen LogP contribution in [-0.4, -0.2) is 25.2 Å². The van der Waals surface area contributed by atoms with Gasteiger partial charge in [-0.05, 0) is 17.7 Å². The first-order chi connectivity index (χ1) is 8.45. The van der Waals surface area contributed by atoms with E-state index < -0.39 is 17.8 Å². The molecule has 0 saturated heterocycles.